The minimum Gasteiger partial charge on any atom is -0.346 e. The first-order valence-electron chi connectivity index (χ1n) is 5.22. The van der Waals surface area contributed by atoms with Crippen molar-refractivity contribution in [1.29, 1.82) is 0 Å². The number of rotatable bonds is 1. The van der Waals surface area contributed by atoms with Gasteiger partial charge < -0.3 is 4.98 Å². The highest BCUT2D eigenvalue weighted by molar-refractivity contribution is 5.56. The summed E-state index contributed by atoms with van der Waals surface area (Å²) in [6.07, 6.45) is 1.78. The minimum absolute atomic E-state index is 0.921. The van der Waals surface area contributed by atoms with E-state index in [2.05, 4.69) is 15.0 Å². The first-order valence-corrected chi connectivity index (χ1v) is 5.22. The Morgan fingerprint density at radius 2 is 1.87 bits per heavy atom. The molecule has 0 radical (unpaired) electrons. The minimum atomic E-state index is 0.921. The van der Waals surface area contributed by atoms with E-state index >= 15 is 0 Å². The van der Waals surface area contributed by atoms with Gasteiger partial charge in [0.25, 0.3) is 0 Å². The molecule has 0 atom stereocenters. The van der Waals surface area contributed by atoms with Crippen LogP contribution in [0.4, 0.5) is 0 Å². The van der Waals surface area contributed by atoms with Crippen LogP contribution < -0.4 is 0 Å². The normalized spacial score (nSPS) is 9.33. The fourth-order valence-corrected chi connectivity index (χ4v) is 1.36. The maximum atomic E-state index is 4.36. The van der Waals surface area contributed by atoms with Gasteiger partial charge in [-0.05, 0) is 26.0 Å². The molecule has 0 unspecified atom stereocenters. The second kappa shape index (κ2) is 5.29. The smallest absolute Gasteiger partial charge is 0.110 e. The summed E-state index contributed by atoms with van der Waals surface area (Å²) in [4.78, 5) is 11.8. The van der Waals surface area contributed by atoms with Gasteiger partial charge >= 0.3 is 0 Å². The summed E-state index contributed by atoms with van der Waals surface area (Å²) in [5, 5.41) is 0. The molecule has 0 bridgehead atoms. The predicted octanol–water partition coefficient (Wildman–Crippen LogP) is 3.11. The van der Waals surface area contributed by atoms with Crippen LogP contribution in [0.25, 0.3) is 11.4 Å². The largest absolute Gasteiger partial charge is 0.346 e. The lowest BCUT2D eigenvalue weighted by atomic mass is 10.2. The van der Waals surface area contributed by atoms with Crippen molar-refractivity contribution < 1.29 is 0 Å². The molecule has 2 rings (SSSR count). The molecule has 0 aliphatic carbocycles. The SMILES string of the molecule is CC.Cc1nc(-c2ccccn2)c(C)[nH]1. The molecule has 2 aromatic rings. The van der Waals surface area contributed by atoms with Crippen LogP contribution >= 0.6 is 0 Å². The molecule has 0 amide bonds. The first-order chi connectivity index (χ1) is 7.27. The van der Waals surface area contributed by atoms with E-state index in [1.54, 1.807) is 6.20 Å². The van der Waals surface area contributed by atoms with Crippen molar-refractivity contribution in [3.63, 3.8) is 0 Å². The zero-order valence-electron chi connectivity index (χ0n) is 9.70. The first kappa shape index (κ1) is 11.4. The number of nitrogens with zero attached hydrogens (tertiary/aromatic N) is 2. The van der Waals surface area contributed by atoms with E-state index in [0.29, 0.717) is 0 Å². The van der Waals surface area contributed by atoms with Gasteiger partial charge in [0, 0.05) is 11.9 Å². The van der Waals surface area contributed by atoms with E-state index in [-0.39, 0.29) is 0 Å². The van der Waals surface area contributed by atoms with Crippen LogP contribution in [0.15, 0.2) is 24.4 Å². The summed E-state index contributed by atoms with van der Waals surface area (Å²) in [7, 11) is 0. The molecule has 0 saturated carbocycles. The number of pyridine rings is 1. The second-order valence-electron chi connectivity index (χ2n) is 3.01. The quantitative estimate of drug-likeness (QED) is 0.773. The van der Waals surface area contributed by atoms with Crippen molar-refractivity contribution in [2.45, 2.75) is 27.7 Å². The highest BCUT2D eigenvalue weighted by Gasteiger charge is 2.06. The lowest BCUT2D eigenvalue weighted by Crippen LogP contribution is -1.84. The van der Waals surface area contributed by atoms with Crippen LogP contribution in [0.2, 0.25) is 0 Å². The lowest BCUT2D eigenvalue weighted by molar-refractivity contribution is 1.13. The molecular weight excluding hydrogens is 186 g/mol. The van der Waals surface area contributed by atoms with Gasteiger partial charge in [-0.3, -0.25) is 4.98 Å². The molecular formula is C12H17N3. The summed E-state index contributed by atoms with van der Waals surface area (Å²) in [6, 6.07) is 5.83. The molecule has 0 spiro atoms. The van der Waals surface area contributed by atoms with Crippen molar-refractivity contribution >= 4 is 0 Å². The molecule has 2 heterocycles. The molecule has 80 valence electrons. The summed E-state index contributed by atoms with van der Waals surface area (Å²) in [6.45, 7) is 7.95. The molecule has 15 heavy (non-hydrogen) atoms. The maximum absolute atomic E-state index is 4.36. The molecule has 0 aliphatic heterocycles. The molecule has 3 heteroatoms. The molecule has 3 nitrogen and oxygen atoms in total. The molecule has 0 saturated heterocycles. The summed E-state index contributed by atoms with van der Waals surface area (Å²) in [5.74, 6) is 0.929. The van der Waals surface area contributed by atoms with Crippen LogP contribution in [-0.4, -0.2) is 15.0 Å². The molecule has 0 aromatic carbocycles. The van der Waals surface area contributed by atoms with Crippen LogP contribution in [0.3, 0.4) is 0 Å². The monoisotopic (exact) mass is 203 g/mol. The second-order valence-corrected chi connectivity index (χ2v) is 3.01. The molecule has 0 aliphatic rings. The Hall–Kier alpha value is -1.64. The van der Waals surface area contributed by atoms with Crippen LogP contribution in [0.5, 0.6) is 0 Å². The van der Waals surface area contributed by atoms with E-state index in [1.165, 1.54) is 0 Å². The third-order valence-electron chi connectivity index (χ3n) is 1.91. The lowest BCUT2D eigenvalue weighted by Gasteiger charge is -1.95. The Labute approximate surface area is 90.6 Å². The number of hydrogen-bond donors (Lipinski definition) is 1. The van der Waals surface area contributed by atoms with Crippen LogP contribution in [0.1, 0.15) is 25.4 Å². The zero-order chi connectivity index (χ0) is 11.3. The van der Waals surface area contributed by atoms with Crippen molar-refractivity contribution in [2.75, 3.05) is 0 Å². The Kier molecular flexibility index (Phi) is 4.03. The average Bonchev–Trinajstić information content (AvgIpc) is 2.62. The van der Waals surface area contributed by atoms with E-state index in [0.717, 1.165) is 22.9 Å². The molecule has 0 fully saturated rings. The van der Waals surface area contributed by atoms with Gasteiger partial charge in [-0.15, -0.1) is 0 Å². The van der Waals surface area contributed by atoms with Gasteiger partial charge in [0.2, 0.25) is 0 Å². The van der Waals surface area contributed by atoms with Crippen LogP contribution in [0, 0.1) is 13.8 Å². The summed E-state index contributed by atoms with van der Waals surface area (Å²) < 4.78 is 0. The number of nitrogens with one attached hydrogen (secondary N) is 1. The fraction of sp³-hybridized carbons (Fsp3) is 0.333. The number of H-pyrrole nitrogens is 1. The summed E-state index contributed by atoms with van der Waals surface area (Å²) >= 11 is 0. The van der Waals surface area contributed by atoms with Crippen molar-refractivity contribution in [3.05, 3.63) is 35.9 Å². The highest BCUT2D eigenvalue weighted by Crippen LogP contribution is 2.17. The van der Waals surface area contributed by atoms with Crippen molar-refractivity contribution in [1.82, 2.24) is 15.0 Å². The topological polar surface area (TPSA) is 41.6 Å². The Morgan fingerprint density at radius 3 is 2.33 bits per heavy atom. The summed E-state index contributed by atoms with van der Waals surface area (Å²) in [5.41, 5.74) is 2.93. The highest BCUT2D eigenvalue weighted by atomic mass is 14.9. The van der Waals surface area contributed by atoms with Gasteiger partial charge in [0.15, 0.2) is 0 Å². The van der Waals surface area contributed by atoms with Gasteiger partial charge in [0.1, 0.15) is 11.5 Å². The number of aryl methyl sites for hydroxylation is 2. The maximum Gasteiger partial charge on any atom is 0.110 e. The van der Waals surface area contributed by atoms with Gasteiger partial charge in [-0.2, -0.15) is 0 Å². The molecule has 1 N–H and O–H groups in total. The number of imidazole rings is 1. The predicted molar refractivity (Wildman–Crippen MR) is 62.6 cm³/mol. The van der Waals surface area contributed by atoms with E-state index < -0.39 is 0 Å². The Morgan fingerprint density at radius 1 is 1.13 bits per heavy atom. The zero-order valence-corrected chi connectivity index (χ0v) is 9.70. The number of aromatic amines is 1. The standard InChI is InChI=1S/C10H11N3.C2H6/c1-7-10(13-8(2)12-7)9-5-3-4-6-11-9;1-2/h3-6H,1-2H3,(H,12,13);1-2H3. The van der Waals surface area contributed by atoms with E-state index in [1.807, 2.05) is 45.9 Å². The van der Waals surface area contributed by atoms with Crippen molar-refractivity contribution in [3.8, 4) is 11.4 Å². The molecule has 2 aromatic heterocycles. The van der Waals surface area contributed by atoms with Crippen LogP contribution in [-0.2, 0) is 0 Å². The van der Waals surface area contributed by atoms with Gasteiger partial charge in [-0.25, -0.2) is 4.98 Å². The average molecular weight is 203 g/mol. The van der Waals surface area contributed by atoms with E-state index in [9.17, 15) is 0 Å². The van der Waals surface area contributed by atoms with Gasteiger partial charge in [0.05, 0.1) is 5.69 Å². The third kappa shape index (κ3) is 2.65. The number of aromatic nitrogens is 3. The van der Waals surface area contributed by atoms with E-state index in [4.69, 9.17) is 0 Å². The fourth-order valence-electron chi connectivity index (χ4n) is 1.36. The Balaban J connectivity index is 0.000000531. The third-order valence-corrected chi connectivity index (χ3v) is 1.91. The Bertz CT molecular complexity index is 404. The van der Waals surface area contributed by atoms with Gasteiger partial charge in [-0.1, -0.05) is 19.9 Å². The number of hydrogen-bond acceptors (Lipinski definition) is 2. The van der Waals surface area contributed by atoms with Crippen molar-refractivity contribution in [2.24, 2.45) is 0 Å².